The van der Waals surface area contributed by atoms with Crippen molar-refractivity contribution >= 4 is 88.4 Å². The smallest absolute Gasteiger partial charge is 0.388 e. The highest BCUT2D eigenvalue weighted by molar-refractivity contribution is 7.66. The van der Waals surface area contributed by atoms with Crippen molar-refractivity contribution in [2.75, 3.05) is 58.2 Å². The molecule has 15 N–H and O–H groups in total. The van der Waals surface area contributed by atoms with E-state index >= 15 is 0 Å². The third-order valence-electron chi connectivity index (χ3n) is 12.6. The van der Waals surface area contributed by atoms with E-state index in [0.717, 1.165) is 41.6 Å². The van der Waals surface area contributed by atoms with Gasteiger partial charge in [-0.05, 0) is 6.42 Å². The first-order valence-electron chi connectivity index (χ1n) is 23.0. The summed E-state index contributed by atoms with van der Waals surface area (Å²) >= 11 is 0. The summed E-state index contributed by atoms with van der Waals surface area (Å²) in [6.07, 6.45) is -13.9. The van der Waals surface area contributed by atoms with E-state index in [9.17, 15) is 67.5 Å². The highest BCUT2D eigenvalue weighted by Crippen LogP contribution is 2.68. The van der Waals surface area contributed by atoms with E-state index in [1.54, 1.807) is 0 Å². The van der Waals surface area contributed by atoms with E-state index in [4.69, 9.17) is 54.2 Å². The molecule has 16 atom stereocenters. The minimum absolute atomic E-state index is 0.00472. The van der Waals surface area contributed by atoms with Crippen LogP contribution in [0.4, 0.5) is 17.7 Å². The number of anilines is 3. The molecular formula is C36H50N16O24P4. The van der Waals surface area contributed by atoms with Gasteiger partial charge >= 0.3 is 31.3 Å². The van der Waals surface area contributed by atoms with Gasteiger partial charge in [-0.3, -0.25) is 56.1 Å². The molecule has 6 unspecified atom stereocenters. The summed E-state index contributed by atoms with van der Waals surface area (Å²) in [4.78, 5) is 114. The number of phosphoric acid groups is 4. The highest BCUT2D eigenvalue weighted by Gasteiger charge is 2.54. The van der Waals surface area contributed by atoms with E-state index in [1.807, 2.05) is 0 Å². The lowest BCUT2D eigenvalue weighted by Gasteiger charge is -2.26. The Bertz CT molecular complexity index is 3620. The number of H-pyrrole nitrogens is 2. The molecular weight excluding hydrogens is 1160 g/mol. The predicted molar refractivity (Wildman–Crippen MR) is 261 cm³/mol. The molecule has 0 saturated carbocycles. The van der Waals surface area contributed by atoms with Crippen LogP contribution >= 0.6 is 31.3 Å². The number of imidazole rings is 3. The number of nitrogens with zero attached hydrogens (tertiary/aromatic N) is 11. The monoisotopic (exact) mass is 1210 g/mol. The van der Waals surface area contributed by atoms with E-state index in [2.05, 4.69) is 53.5 Å². The van der Waals surface area contributed by atoms with Gasteiger partial charge in [0, 0.05) is 33.5 Å². The van der Waals surface area contributed by atoms with Crippen molar-refractivity contribution in [2.24, 2.45) is 5.92 Å². The number of aliphatic hydroxyl groups is 3. The number of aliphatic hydroxyl groups excluding tert-OH is 3. The van der Waals surface area contributed by atoms with Crippen LogP contribution in [0.3, 0.4) is 0 Å². The lowest BCUT2D eigenvalue weighted by molar-refractivity contribution is -0.129. The van der Waals surface area contributed by atoms with Crippen molar-refractivity contribution in [2.45, 2.75) is 80.4 Å². The second-order valence-corrected chi connectivity index (χ2v) is 24.0. The zero-order valence-electron chi connectivity index (χ0n) is 41.3. The Kier molecular flexibility index (Phi) is 16.7. The molecule has 3 fully saturated rings. The summed E-state index contributed by atoms with van der Waals surface area (Å²) < 4.78 is 109. The van der Waals surface area contributed by atoms with Gasteiger partial charge < -0.3 is 75.9 Å². The summed E-state index contributed by atoms with van der Waals surface area (Å²) in [6.45, 7) is -3.28. The first kappa shape index (κ1) is 59.0. The molecule has 44 heteroatoms. The summed E-state index contributed by atoms with van der Waals surface area (Å²) in [5, 5.41) is 33.2. The third-order valence-corrected chi connectivity index (χ3v) is 17.8. The Morgan fingerprint density at radius 1 is 0.637 bits per heavy atom. The molecule has 40 nitrogen and oxygen atoms in total. The Hall–Kier alpha value is -5.64. The SMILES string of the molecule is CO[C@@H]1[C@H](OP(=O)(O)OC[C@H]2O[C@@H](n3cnc4c(=O)[nH]c(N)nc43)[C@H](O)[C@@H]2O)C(COP(=O)(O)OP(=O)(O)OP(=O)(O)OC[C@H]2OC(n3cnc4c(=O)[nH]c(N)nc43)[C@H](O)[C@@H]2CCC(=O)N(C)C)O[C@H]1n1cnc2c(N)ncnc21. The number of phosphoric ester groups is 3. The number of aromatic nitrogens is 12. The normalized spacial score (nSPS) is 29.2. The fourth-order valence-corrected chi connectivity index (χ4v) is 13.4. The maximum atomic E-state index is 13.7. The van der Waals surface area contributed by atoms with Gasteiger partial charge in [0.25, 0.3) is 11.1 Å². The standard InChI is InChI=1S/C36H50N16O24P4/c1-49(2)17(53)5-4-13-14(71-32(21(13)54)51-11-43-19-28(51)45-35(38)47-30(19)57)6-69-78(61,62)75-80(65,66)76-79(63,64)70-8-16-24(25(67-3)34(73-16)50-10-42-18-26(37)40-9-41-27(18)50)74-77(59,60)68-7-15-22(55)23(56)33(72-15)52-12-44-20-29(52)46-36(39)48-31(20)58/h9-16,21-25,32-34,54-56H,4-8H2,1-3H3,(H,59,60)(H,61,62)(H,63,64)(H,65,66)(H2,37,40,41)(H3,38,45,47,57)(H3,39,46,48,58)/t13-,14-,15-,16?,21-,22-,23-,24-,25-,32?,33-,34-/m1/s1. The maximum absolute atomic E-state index is 13.7. The number of carbonyl (C=O) groups excluding carboxylic acids is 1. The van der Waals surface area contributed by atoms with Gasteiger partial charge in [0.05, 0.1) is 44.9 Å². The second kappa shape index (κ2) is 22.6. The van der Waals surface area contributed by atoms with Crippen LogP contribution in [-0.2, 0) is 68.7 Å². The van der Waals surface area contributed by atoms with E-state index in [-0.39, 0.29) is 64.0 Å². The summed E-state index contributed by atoms with van der Waals surface area (Å²) in [5.41, 5.74) is 15.2. The molecule has 9 heterocycles. The van der Waals surface area contributed by atoms with Gasteiger partial charge in [0.15, 0.2) is 52.5 Å². The van der Waals surface area contributed by atoms with Gasteiger partial charge in [-0.25, -0.2) is 43.2 Å². The van der Waals surface area contributed by atoms with Crippen molar-refractivity contribution < 1.29 is 104 Å². The molecule has 0 bridgehead atoms. The molecule has 3 aliphatic heterocycles. The number of methoxy groups -OCH3 is 1. The summed E-state index contributed by atoms with van der Waals surface area (Å²) in [7, 11) is -19.5. The molecule has 9 rings (SSSR count). The van der Waals surface area contributed by atoms with Gasteiger partial charge in [-0.2, -0.15) is 18.6 Å². The molecule has 6 aromatic rings. The Morgan fingerprint density at radius 2 is 1.12 bits per heavy atom. The number of carbonyl (C=O) groups is 1. The molecule has 1 amide bonds. The Balaban J connectivity index is 0.874. The van der Waals surface area contributed by atoms with Crippen LogP contribution in [0.25, 0.3) is 33.5 Å². The van der Waals surface area contributed by atoms with Crippen LogP contribution in [0, 0.1) is 5.92 Å². The zero-order valence-corrected chi connectivity index (χ0v) is 44.9. The van der Waals surface area contributed by atoms with Crippen LogP contribution in [0.15, 0.2) is 34.9 Å². The van der Waals surface area contributed by atoms with Crippen LogP contribution in [0.5, 0.6) is 0 Å². The molecule has 0 radical (unpaired) electrons. The lowest BCUT2D eigenvalue weighted by Crippen LogP contribution is -2.38. The zero-order chi connectivity index (χ0) is 58.0. The molecule has 3 saturated heterocycles. The molecule has 0 spiro atoms. The average Bonchev–Trinajstić information content (AvgIpc) is 4.42. The average molecular weight is 1210 g/mol. The third kappa shape index (κ3) is 12.3. The number of aromatic amines is 2. The molecule has 80 heavy (non-hydrogen) atoms. The van der Waals surface area contributed by atoms with Crippen LogP contribution in [0.1, 0.15) is 31.5 Å². The predicted octanol–water partition coefficient (Wildman–Crippen LogP) is -3.02. The van der Waals surface area contributed by atoms with Crippen molar-refractivity contribution in [3.05, 3.63) is 46.0 Å². The van der Waals surface area contributed by atoms with E-state index in [0.29, 0.717) is 0 Å². The second-order valence-electron chi connectivity index (χ2n) is 18.0. The van der Waals surface area contributed by atoms with E-state index < -0.39 is 142 Å². The Labute approximate surface area is 445 Å². The molecule has 0 aliphatic carbocycles. The topological polar surface area (TPSA) is 571 Å². The maximum Gasteiger partial charge on any atom is 0.490 e. The number of nitrogens with one attached hydrogen (secondary N) is 2. The number of rotatable bonds is 22. The minimum atomic E-state index is -6.23. The largest absolute Gasteiger partial charge is 0.490 e. The fourth-order valence-electron chi connectivity index (χ4n) is 8.92. The number of ether oxygens (including phenoxy) is 4. The number of fused-ring (bicyclic) bond motifs is 3. The highest BCUT2D eigenvalue weighted by atomic mass is 31.3. The quantitative estimate of drug-likeness (QED) is 0.0301. The van der Waals surface area contributed by atoms with Crippen LogP contribution < -0.4 is 28.3 Å². The molecule has 6 aromatic heterocycles. The lowest BCUT2D eigenvalue weighted by atomic mass is 9.92. The van der Waals surface area contributed by atoms with Crippen LogP contribution in [-0.4, -0.2) is 194 Å². The van der Waals surface area contributed by atoms with Gasteiger partial charge in [0.1, 0.15) is 54.6 Å². The van der Waals surface area contributed by atoms with Crippen molar-refractivity contribution in [3.63, 3.8) is 0 Å². The first-order valence-corrected chi connectivity index (χ1v) is 29.0. The van der Waals surface area contributed by atoms with Crippen molar-refractivity contribution in [1.82, 2.24) is 63.5 Å². The summed E-state index contributed by atoms with van der Waals surface area (Å²) in [5.74, 6) is -2.23. The van der Waals surface area contributed by atoms with Crippen LogP contribution in [0.2, 0.25) is 0 Å². The summed E-state index contributed by atoms with van der Waals surface area (Å²) in [6, 6.07) is 0. The number of nitrogen functional groups attached to an aromatic ring is 3. The van der Waals surface area contributed by atoms with Crippen molar-refractivity contribution in [1.29, 1.82) is 0 Å². The molecule has 3 aliphatic rings. The minimum Gasteiger partial charge on any atom is -0.388 e. The Morgan fingerprint density at radius 3 is 1.69 bits per heavy atom. The van der Waals surface area contributed by atoms with E-state index in [1.165, 1.54) is 23.6 Å². The number of nitrogens with two attached hydrogens (primary N) is 3. The molecule has 438 valence electrons. The first-order chi connectivity index (χ1) is 37.6. The van der Waals surface area contributed by atoms with Gasteiger partial charge in [-0.1, -0.05) is 0 Å². The number of hydrogen-bond acceptors (Lipinski definition) is 30. The van der Waals surface area contributed by atoms with Gasteiger partial charge in [-0.15, -0.1) is 0 Å². The number of hydrogen-bond donors (Lipinski definition) is 12. The fraction of sp³-hybridized carbons (Fsp3) is 0.556. The van der Waals surface area contributed by atoms with Crippen molar-refractivity contribution in [3.8, 4) is 0 Å². The number of amides is 1. The van der Waals surface area contributed by atoms with Gasteiger partial charge in [0.2, 0.25) is 17.8 Å². The molecule has 0 aromatic carbocycles.